The summed E-state index contributed by atoms with van der Waals surface area (Å²) in [6.07, 6.45) is 1.66. The summed E-state index contributed by atoms with van der Waals surface area (Å²) in [6, 6.07) is 34.2. The van der Waals surface area contributed by atoms with Gasteiger partial charge in [-0.05, 0) is 47.6 Å². The van der Waals surface area contributed by atoms with Crippen LogP contribution in [0.4, 0.5) is 0 Å². The molecule has 3 atom stereocenters. The first kappa shape index (κ1) is 22.6. The highest BCUT2D eigenvalue weighted by atomic mass is 16.3. The molecule has 1 heterocycles. The van der Waals surface area contributed by atoms with Crippen molar-refractivity contribution in [2.45, 2.75) is 24.8 Å². The number of carbonyl (C=O) groups is 2. The number of amides is 1. The molecule has 35 heavy (non-hydrogen) atoms. The second-order valence-electron chi connectivity index (χ2n) is 9.05. The van der Waals surface area contributed by atoms with Gasteiger partial charge in [0.2, 0.25) is 5.91 Å². The molecular weight excluding hydrogens is 434 g/mol. The summed E-state index contributed by atoms with van der Waals surface area (Å²) in [5.74, 6) is -0.00951. The molecule has 174 valence electrons. The number of ketones is 1. The van der Waals surface area contributed by atoms with Gasteiger partial charge in [0, 0.05) is 11.1 Å². The zero-order chi connectivity index (χ0) is 24.2. The lowest BCUT2D eigenvalue weighted by atomic mass is 9.71. The van der Waals surface area contributed by atoms with Gasteiger partial charge in [0.1, 0.15) is 5.75 Å². The van der Waals surface area contributed by atoms with Crippen LogP contribution in [0.5, 0.6) is 5.75 Å². The molecule has 4 aromatic carbocycles. The first-order valence-electron chi connectivity index (χ1n) is 11.9. The summed E-state index contributed by atoms with van der Waals surface area (Å²) >= 11 is 0. The molecule has 0 radical (unpaired) electrons. The fourth-order valence-electron chi connectivity index (χ4n) is 4.94. The van der Waals surface area contributed by atoms with Crippen molar-refractivity contribution in [2.24, 2.45) is 5.92 Å². The topological polar surface area (TPSA) is 66.4 Å². The number of β-lactam (4-membered cyclic amide) rings is 1. The number of aromatic hydroxyl groups is 1. The average Bonchev–Trinajstić information content (AvgIpc) is 2.91. The Labute approximate surface area is 205 Å². The summed E-state index contributed by atoms with van der Waals surface area (Å²) in [5, 5.41) is 12.7. The maximum Gasteiger partial charge on any atom is 0.226 e. The summed E-state index contributed by atoms with van der Waals surface area (Å²) in [6.45, 7) is 0. The van der Waals surface area contributed by atoms with E-state index in [0.717, 1.165) is 24.0 Å². The van der Waals surface area contributed by atoms with Crippen molar-refractivity contribution >= 4 is 11.7 Å². The number of carbonyl (C=O) groups excluding carboxylic acids is 2. The third-order valence-corrected chi connectivity index (χ3v) is 6.87. The second kappa shape index (κ2) is 9.98. The van der Waals surface area contributed by atoms with Crippen LogP contribution in [0.1, 0.15) is 51.0 Å². The minimum absolute atomic E-state index is 0.0105. The van der Waals surface area contributed by atoms with Crippen molar-refractivity contribution in [3.63, 3.8) is 0 Å². The second-order valence-corrected chi connectivity index (χ2v) is 9.05. The van der Waals surface area contributed by atoms with Gasteiger partial charge in [-0.1, -0.05) is 97.1 Å². The van der Waals surface area contributed by atoms with Crippen LogP contribution in [0.3, 0.4) is 0 Å². The smallest absolute Gasteiger partial charge is 0.226 e. The van der Waals surface area contributed by atoms with Gasteiger partial charge in [0.05, 0.1) is 12.0 Å². The lowest BCUT2D eigenvalue weighted by Crippen LogP contribution is -2.54. The molecule has 2 N–H and O–H groups in total. The van der Waals surface area contributed by atoms with Crippen molar-refractivity contribution in [1.82, 2.24) is 5.32 Å². The van der Waals surface area contributed by atoms with Crippen molar-refractivity contribution in [3.8, 4) is 5.75 Å². The van der Waals surface area contributed by atoms with E-state index in [4.69, 9.17) is 0 Å². The zero-order valence-corrected chi connectivity index (χ0v) is 19.3. The molecule has 1 aliphatic rings. The van der Waals surface area contributed by atoms with Crippen LogP contribution in [0, 0.1) is 5.92 Å². The van der Waals surface area contributed by atoms with Crippen molar-refractivity contribution in [2.75, 3.05) is 0 Å². The molecule has 1 unspecified atom stereocenters. The highest BCUT2D eigenvalue weighted by Gasteiger charge is 2.45. The first-order chi connectivity index (χ1) is 17.1. The Kier molecular flexibility index (Phi) is 6.44. The summed E-state index contributed by atoms with van der Waals surface area (Å²) in [4.78, 5) is 25.7. The third-order valence-electron chi connectivity index (χ3n) is 6.87. The number of aryl methyl sites for hydroxylation is 1. The highest BCUT2D eigenvalue weighted by molar-refractivity contribution is 6.08. The Morgan fingerprint density at radius 1 is 0.771 bits per heavy atom. The predicted molar refractivity (Wildman–Crippen MR) is 136 cm³/mol. The molecule has 4 aromatic rings. The normalized spacial score (nSPS) is 17.8. The van der Waals surface area contributed by atoms with E-state index in [1.807, 2.05) is 84.9 Å². The monoisotopic (exact) mass is 461 g/mol. The zero-order valence-electron chi connectivity index (χ0n) is 19.3. The van der Waals surface area contributed by atoms with E-state index in [2.05, 4.69) is 17.4 Å². The van der Waals surface area contributed by atoms with Crippen LogP contribution in [-0.4, -0.2) is 16.8 Å². The lowest BCUT2D eigenvalue weighted by Gasteiger charge is -2.42. The maximum absolute atomic E-state index is 12.9. The molecule has 0 aromatic heterocycles. The Morgan fingerprint density at radius 2 is 1.37 bits per heavy atom. The van der Waals surface area contributed by atoms with Gasteiger partial charge in [-0.3, -0.25) is 9.59 Å². The molecule has 4 nitrogen and oxygen atoms in total. The van der Waals surface area contributed by atoms with E-state index >= 15 is 0 Å². The Balaban J connectivity index is 1.43. The average molecular weight is 462 g/mol. The standard InChI is InChI=1S/C31H27NO3/c33-26-18-16-23(17-19-26)29-28(31(35)32-29)27(20-11-21-7-3-1-4-8-21)22-12-14-25(15-13-22)30(34)24-9-5-2-6-10-24/h1-10,12-19,27-29,33H,11,20H2,(H,32,35)/t27?,28-,29-/m1/s1. The van der Waals surface area contributed by atoms with E-state index in [-0.39, 0.29) is 35.3 Å². The van der Waals surface area contributed by atoms with Gasteiger partial charge >= 0.3 is 0 Å². The van der Waals surface area contributed by atoms with Crippen LogP contribution in [0.25, 0.3) is 0 Å². The van der Waals surface area contributed by atoms with Gasteiger partial charge in [-0.15, -0.1) is 0 Å². The molecule has 1 aliphatic heterocycles. The molecule has 4 heteroatoms. The van der Waals surface area contributed by atoms with E-state index in [9.17, 15) is 14.7 Å². The van der Waals surface area contributed by atoms with Crippen LogP contribution in [-0.2, 0) is 11.2 Å². The fraction of sp³-hybridized carbons (Fsp3) is 0.161. The minimum atomic E-state index is -0.223. The first-order valence-corrected chi connectivity index (χ1v) is 11.9. The summed E-state index contributed by atoms with van der Waals surface area (Å²) < 4.78 is 0. The van der Waals surface area contributed by atoms with Gasteiger partial charge < -0.3 is 10.4 Å². The van der Waals surface area contributed by atoms with Crippen LogP contribution in [0.15, 0.2) is 109 Å². The molecule has 1 fully saturated rings. The van der Waals surface area contributed by atoms with Crippen molar-refractivity contribution in [1.29, 1.82) is 0 Å². The lowest BCUT2D eigenvalue weighted by molar-refractivity contribution is -0.136. The quantitative estimate of drug-likeness (QED) is 0.256. The minimum Gasteiger partial charge on any atom is -0.508 e. The van der Waals surface area contributed by atoms with Gasteiger partial charge in [0.25, 0.3) is 0 Å². The Hall–Kier alpha value is -4.18. The number of hydrogen-bond acceptors (Lipinski definition) is 3. The molecule has 5 rings (SSSR count). The van der Waals surface area contributed by atoms with Gasteiger partial charge in [0.15, 0.2) is 5.78 Å². The van der Waals surface area contributed by atoms with Gasteiger partial charge in [-0.2, -0.15) is 0 Å². The number of nitrogens with one attached hydrogen (secondary N) is 1. The number of phenolic OH excluding ortho intramolecular Hbond substituents is 1. The highest BCUT2D eigenvalue weighted by Crippen LogP contribution is 2.43. The van der Waals surface area contributed by atoms with Gasteiger partial charge in [-0.25, -0.2) is 0 Å². The van der Waals surface area contributed by atoms with Crippen LogP contribution in [0.2, 0.25) is 0 Å². The number of rotatable bonds is 8. The van der Waals surface area contributed by atoms with Crippen molar-refractivity contribution in [3.05, 3.63) is 137 Å². The summed E-state index contributed by atoms with van der Waals surface area (Å²) in [5.41, 5.74) is 4.55. The third kappa shape index (κ3) is 4.87. The van der Waals surface area contributed by atoms with E-state index < -0.39 is 0 Å². The van der Waals surface area contributed by atoms with Crippen molar-refractivity contribution < 1.29 is 14.7 Å². The fourth-order valence-corrected chi connectivity index (χ4v) is 4.94. The maximum atomic E-state index is 12.9. The predicted octanol–water partition coefficient (Wildman–Crippen LogP) is 5.83. The molecule has 0 bridgehead atoms. The van der Waals surface area contributed by atoms with Crippen LogP contribution >= 0.6 is 0 Å². The number of hydrogen-bond donors (Lipinski definition) is 2. The summed E-state index contributed by atoms with van der Waals surface area (Å²) in [7, 11) is 0. The molecular formula is C31H27NO3. The van der Waals surface area contributed by atoms with E-state index in [0.29, 0.717) is 11.1 Å². The van der Waals surface area contributed by atoms with E-state index in [1.54, 1.807) is 12.1 Å². The van der Waals surface area contributed by atoms with E-state index in [1.165, 1.54) is 5.56 Å². The molecule has 0 aliphatic carbocycles. The Bertz CT molecular complexity index is 1300. The SMILES string of the molecule is O=C(c1ccccc1)c1ccc(C(CCc2ccccc2)[C@H]2C(=O)N[C@@H]2c2ccc(O)cc2)cc1. The number of phenols is 1. The van der Waals surface area contributed by atoms with Crippen LogP contribution < -0.4 is 5.32 Å². The Morgan fingerprint density at radius 3 is 2.00 bits per heavy atom. The molecule has 1 saturated heterocycles. The molecule has 0 saturated carbocycles. The molecule has 0 spiro atoms. The molecule has 1 amide bonds. The number of benzene rings is 4. The largest absolute Gasteiger partial charge is 0.508 e.